The molecule has 2 rings (SSSR count). The molecule has 0 saturated heterocycles. The molecule has 22 heteroatoms. The van der Waals surface area contributed by atoms with Crippen LogP contribution in [-0.2, 0) is 56.4 Å². The molecule has 2 unspecified atom stereocenters. The molecule has 0 aliphatic heterocycles. The fourth-order valence-corrected chi connectivity index (χ4v) is 6.23. The summed E-state index contributed by atoms with van der Waals surface area (Å²) in [6.07, 6.45) is 0.739. The summed E-state index contributed by atoms with van der Waals surface area (Å²) in [7, 11) is -0.582. The van der Waals surface area contributed by atoms with Gasteiger partial charge in [-0.3, -0.25) is 23.4 Å². The van der Waals surface area contributed by atoms with E-state index in [1.54, 1.807) is 65.8 Å². The van der Waals surface area contributed by atoms with E-state index in [-0.39, 0.29) is 57.6 Å². The van der Waals surface area contributed by atoms with Crippen molar-refractivity contribution < 1.29 is 70.8 Å². The zero-order valence-corrected chi connectivity index (χ0v) is 42.0. The Labute approximate surface area is 401 Å². The van der Waals surface area contributed by atoms with Crippen molar-refractivity contribution in [3.05, 3.63) is 54.1 Å². The van der Waals surface area contributed by atoms with Gasteiger partial charge >= 0.3 is 19.9 Å². The van der Waals surface area contributed by atoms with E-state index in [0.717, 1.165) is 11.4 Å². The number of nitrogens with zero attached hydrogens (tertiary/aromatic N) is 3. The lowest BCUT2D eigenvalue weighted by Gasteiger charge is -2.27. The number of carbonyl (C=O) groups is 4. The molecule has 68 heavy (non-hydrogen) atoms. The molecule has 384 valence electrons. The quantitative estimate of drug-likeness (QED) is 0.0252. The van der Waals surface area contributed by atoms with Gasteiger partial charge in [0.25, 0.3) is 5.91 Å². The van der Waals surface area contributed by atoms with Crippen LogP contribution in [0.5, 0.6) is 0 Å². The van der Waals surface area contributed by atoms with Gasteiger partial charge in [-0.15, -0.1) is 0 Å². The van der Waals surface area contributed by atoms with Crippen LogP contribution in [0.3, 0.4) is 0 Å². The molecule has 0 spiro atoms. The summed E-state index contributed by atoms with van der Waals surface area (Å²) in [5, 5.41) is 16.5. The fourth-order valence-electron chi connectivity index (χ4n) is 5.48. The van der Waals surface area contributed by atoms with E-state index in [9.17, 15) is 28.6 Å². The lowest BCUT2D eigenvalue weighted by molar-refractivity contribution is -0.155. The summed E-state index contributed by atoms with van der Waals surface area (Å²) in [5.41, 5.74) is 1.69. The highest BCUT2D eigenvalue weighted by molar-refractivity contribution is 7.47. The van der Waals surface area contributed by atoms with Crippen molar-refractivity contribution in [1.29, 1.82) is 0 Å². The van der Waals surface area contributed by atoms with Crippen molar-refractivity contribution in [2.45, 2.75) is 91.0 Å². The summed E-state index contributed by atoms with van der Waals surface area (Å²) in [5.74, 6) is -1.02. The Bertz CT molecular complexity index is 1820. The van der Waals surface area contributed by atoms with Gasteiger partial charge < -0.3 is 58.9 Å². The van der Waals surface area contributed by atoms with Gasteiger partial charge in [0, 0.05) is 57.8 Å². The van der Waals surface area contributed by atoms with E-state index in [2.05, 4.69) is 26.2 Å². The van der Waals surface area contributed by atoms with Crippen molar-refractivity contribution in [1.82, 2.24) is 16.0 Å². The highest BCUT2D eigenvalue weighted by Crippen LogP contribution is 2.43. The normalized spacial score (nSPS) is 13.1. The lowest BCUT2D eigenvalue weighted by atomic mass is 10.2. The first-order valence-corrected chi connectivity index (χ1v) is 24.3. The second-order valence-corrected chi connectivity index (χ2v) is 18.8. The SMILES string of the molecule is CN(C)c1ccc(N=Nc2ccc(C(=O)NCCOCCOCCOCCOCCC(=O)NCCOP(=O)(O)OCC(COC(=O)CCCCCNC(=O)OC(C)(C)C)OC(C)(C)C)cc2)cc1. The second kappa shape index (κ2) is 33.0. The van der Waals surface area contributed by atoms with Gasteiger partial charge in [0.2, 0.25) is 5.91 Å². The van der Waals surface area contributed by atoms with Gasteiger partial charge in [0.15, 0.2) is 0 Å². The maximum atomic E-state index is 12.5. The Morgan fingerprint density at radius 1 is 0.632 bits per heavy atom. The van der Waals surface area contributed by atoms with Crippen LogP contribution in [0.1, 0.15) is 84.0 Å². The zero-order chi connectivity index (χ0) is 50.3. The molecule has 3 amide bonds. The third-order valence-electron chi connectivity index (χ3n) is 8.68. The first-order chi connectivity index (χ1) is 32.2. The monoisotopic (exact) mass is 983 g/mol. The predicted octanol–water partition coefficient (Wildman–Crippen LogP) is 6.42. The topological polar surface area (TPSA) is 253 Å². The minimum Gasteiger partial charge on any atom is -0.463 e. The van der Waals surface area contributed by atoms with E-state index in [0.29, 0.717) is 83.2 Å². The number of phosphoric ester groups is 1. The van der Waals surface area contributed by atoms with Crippen LogP contribution in [0, 0.1) is 0 Å². The Balaban J connectivity index is 1.43. The van der Waals surface area contributed by atoms with Gasteiger partial charge in [-0.2, -0.15) is 10.2 Å². The van der Waals surface area contributed by atoms with Gasteiger partial charge in [-0.05, 0) is 103 Å². The number of rotatable bonds is 35. The predicted molar refractivity (Wildman–Crippen MR) is 255 cm³/mol. The molecule has 0 aromatic heterocycles. The van der Waals surface area contributed by atoms with Crippen LogP contribution in [0.4, 0.5) is 21.9 Å². The fraction of sp³-hybridized carbons (Fsp3) is 0.652. The summed E-state index contributed by atoms with van der Waals surface area (Å²) < 4.78 is 60.8. The number of ether oxygens (including phenoxy) is 7. The van der Waals surface area contributed by atoms with Gasteiger partial charge in [0.1, 0.15) is 18.3 Å². The number of benzene rings is 2. The molecule has 0 aliphatic carbocycles. The highest BCUT2D eigenvalue weighted by atomic mass is 31.2. The number of amides is 3. The highest BCUT2D eigenvalue weighted by Gasteiger charge is 2.27. The molecule has 2 atom stereocenters. The van der Waals surface area contributed by atoms with E-state index < -0.39 is 43.8 Å². The Morgan fingerprint density at radius 3 is 1.76 bits per heavy atom. The van der Waals surface area contributed by atoms with E-state index in [4.69, 9.17) is 42.2 Å². The van der Waals surface area contributed by atoms with E-state index >= 15 is 0 Å². The number of nitrogens with one attached hydrogen (secondary N) is 3. The Hall–Kier alpha value is -4.57. The number of carbonyl (C=O) groups excluding carboxylic acids is 4. The van der Waals surface area contributed by atoms with Crippen LogP contribution < -0.4 is 20.9 Å². The van der Waals surface area contributed by atoms with Crippen molar-refractivity contribution in [3.63, 3.8) is 0 Å². The standard InChI is InChI=1S/C46H75N6O15P/c1-45(2,3)66-40(34-63-42(54)12-10-9-11-22-49-44(56)67-46(4,5)6)35-65-68(57,58)64-27-24-47-41(53)21-25-59-28-30-61-32-33-62-31-29-60-26-23-48-43(55)36-13-15-37(16-14-36)50-51-38-17-19-39(20-18-38)52(7)8/h13-20,40H,9-12,21-35H2,1-8H3,(H,47,53)(H,48,55)(H,49,56)(H,57,58). The van der Waals surface area contributed by atoms with Crippen molar-refractivity contribution in [2.75, 3.05) is 111 Å². The average Bonchev–Trinajstić information content (AvgIpc) is 3.27. The molecule has 0 heterocycles. The van der Waals surface area contributed by atoms with E-state index in [1.165, 1.54) is 0 Å². The number of azo groups is 1. The number of hydrogen-bond acceptors (Lipinski definition) is 17. The van der Waals surface area contributed by atoms with Gasteiger partial charge in [-0.25, -0.2) is 9.36 Å². The number of anilines is 1. The Kier molecular flexibility index (Phi) is 28.9. The Morgan fingerprint density at radius 2 is 1.19 bits per heavy atom. The van der Waals surface area contributed by atoms with Gasteiger partial charge in [-0.1, -0.05) is 6.42 Å². The molecule has 0 bridgehead atoms. The van der Waals surface area contributed by atoms with Crippen LogP contribution in [0.25, 0.3) is 0 Å². The molecule has 0 fully saturated rings. The minimum absolute atomic E-state index is 0.0484. The third-order valence-corrected chi connectivity index (χ3v) is 9.66. The number of esters is 1. The molecule has 2 aromatic carbocycles. The second-order valence-electron chi connectivity index (χ2n) is 17.3. The molecule has 21 nitrogen and oxygen atoms in total. The van der Waals surface area contributed by atoms with Crippen LogP contribution >= 0.6 is 7.82 Å². The summed E-state index contributed by atoms with van der Waals surface area (Å²) in [6, 6.07) is 14.6. The van der Waals surface area contributed by atoms with Crippen molar-refractivity contribution in [2.24, 2.45) is 10.2 Å². The molecule has 2 aromatic rings. The van der Waals surface area contributed by atoms with Crippen molar-refractivity contribution in [3.8, 4) is 0 Å². The van der Waals surface area contributed by atoms with Crippen LogP contribution in [0.15, 0.2) is 58.8 Å². The lowest BCUT2D eigenvalue weighted by Crippen LogP contribution is -2.34. The maximum Gasteiger partial charge on any atom is 0.472 e. The smallest absolute Gasteiger partial charge is 0.463 e. The molecule has 0 radical (unpaired) electrons. The number of unbranched alkanes of at least 4 members (excludes halogenated alkanes) is 2. The third kappa shape index (κ3) is 31.5. The first kappa shape index (κ1) is 59.6. The number of hydrogen-bond donors (Lipinski definition) is 4. The van der Waals surface area contributed by atoms with E-state index in [1.807, 2.05) is 43.3 Å². The van der Waals surface area contributed by atoms with Gasteiger partial charge in [0.05, 0.1) is 83.0 Å². The first-order valence-electron chi connectivity index (χ1n) is 22.8. The summed E-state index contributed by atoms with van der Waals surface area (Å²) in [6.45, 7) is 13.0. The summed E-state index contributed by atoms with van der Waals surface area (Å²) >= 11 is 0. The largest absolute Gasteiger partial charge is 0.472 e. The van der Waals surface area contributed by atoms with Crippen LogP contribution in [-0.4, -0.2) is 152 Å². The minimum atomic E-state index is -4.52. The summed E-state index contributed by atoms with van der Waals surface area (Å²) in [4.78, 5) is 60.8. The molecule has 0 saturated carbocycles. The number of alkyl carbamates (subject to hydrolysis) is 1. The molecule has 4 N–H and O–H groups in total. The molecular weight excluding hydrogens is 908 g/mol. The van der Waals surface area contributed by atoms with Crippen molar-refractivity contribution >= 4 is 48.8 Å². The zero-order valence-electron chi connectivity index (χ0n) is 41.1. The average molecular weight is 983 g/mol. The van der Waals surface area contributed by atoms with Crippen LogP contribution in [0.2, 0.25) is 0 Å². The maximum absolute atomic E-state index is 12.5. The molecular formula is C46H75N6O15P. The molecule has 0 aliphatic rings. The number of phosphoric acid groups is 1.